The highest BCUT2D eigenvalue weighted by Crippen LogP contribution is 2.43. The third-order valence-corrected chi connectivity index (χ3v) is 5.69. The van der Waals surface area contributed by atoms with Crippen molar-refractivity contribution in [1.29, 1.82) is 0 Å². The highest BCUT2D eigenvalue weighted by atomic mass is 16.5. The Bertz CT molecular complexity index is 961. The maximum absolute atomic E-state index is 13.2. The minimum atomic E-state index is -0.219. The van der Waals surface area contributed by atoms with E-state index in [0.29, 0.717) is 19.4 Å². The molecule has 2 aromatic rings. The van der Waals surface area contributed by atoms with Crippen molar-refractivity contribution in [1.82, 2.24) is 5.32 Å². The molecule has 0 saturated carbocycles. The fraction of sp³-hybridized carbons (Fsp3) is 0.333. The molecule has 29 heavy (non-hydrogen) atoms. The molecule has 1 aliphatic heterocycles. The molecule has 5 heteroatoms. The lowest BCUT2D eigenvalue weighted by atomic mass is 9.73. The molecular formula is C24H25NO4. The van der Waals surface area contributed by atoms with Crippen LogP contribution in [0.15, 0.2) is 59.8 Å². The Morgan fingerprint density at radius 2 is 1.76 bits per heavy atom. The van der Waals surface area contributed by atoms with Gasteiger partial charge in [-0.05, 0) is 54.7 Å². The molecule has 1 heterocycles. The van der Waals surface area contributed by atoms with Crippen LogP contribution in [0.5, 0.6) is 11.5 Å². The number of ether oxygens (including phenoxy) is 2. The second-order valence-corrected chi connectivity index (χ2v) is 7.50. The van der Waals surface area contributed by atoms with Gasteiger partial charge >= 0.3 is 0 Å². The quantitative estimate of drug-likeness (QED) is 0.834. The average Bonchev–Trinajstić information content (AvgIpc) is 2.73. The second-order valence-electron chi connectivity index (χ2n) is 7.50. The van der Waals surface area contributed by atoms with E-state index in [1.165, 1.54) is 0 Å². The molecule has 0 spiro atoms. The molecule has 0 fully saturated rings. The molecule has 0 radical (unpaired) electrons. The van der Waals surface area contributed by atoms with Gasteiger partial charge in [-0.1, -0.05) is 24.3 Å². The minimum absolute atomic E-state index is 0.0428. The molecular weight excluding hydrogens is 366 g/mol. The van der Waals surface area contributed by atoms with Crippen molar-refractivity contribution >= 4 is 11.7 Å². The van der Waals surface area contributed by atoms with E-state index in [0.717, 1.165) is 33.9 Å². The van der Waals surface area contributed by atoms with E-state index in [4.69, 9.17) is 9.47 Å². The summed E-state index contributed by atoms with van der Waals surface area (Å²) in [5.74, 6) is 1.45. The smallest absolute Gasteiger partial charge is 0.225 e. The normalized spacial score (nSPS) is 21.4. The summed E-state index contributed by atoms with van der Waals surface area (Å²) in [6.07, 6.45) is 1.39. The summed E-state index contributed by atoms with van der Waals surface area (Å²) in [5, 5.41) is 2.97. The minimum Gasteiger partial charge on any atom is -0.497 e. The number of allylic oxidation sites excluding steroid dienone is 2. The fourth-order valence-corrected chi connectivity index (χ4v) is 4.34. The Morgan fingerprint density at radius 1 is 0.966 bits per heavy atom. The highest BCUT2D eigenvalue weighted by molar-refractivity contribution is 6.02. The Hall–Kier alpha value is -3.08. The van der Waals surface area contributed by atoms with Gasteiger partial charge in [0.15, 0.2) is 5.78 Å². The van der Waals surface area contributed by atoms with Crippen molar-refractivity contribution in [2.24, 2.45) is 0 Å². The maximum atomic E-state index is 13.2. The first-order valence-electron chi connectivity index (χ1n) is 10.0. The van der Waals surface area contributed by atoms with Gasteiger partial charge in [-0.15, -0.1) is 0 Å². The number of rotatable bonds is 5. The van der Waals surface area contributed by atoms with E-state index in [2.05, 4.69) is 5.32 Å². The first kappa shape index (κ1) is 19.2. The van der Waals surface area contributed by atoms with Crippen LogP contribution >= 0.6 is 0 Å². The lowest BCUT2D eigenvalue weighted by Crippen LogP contribution is -2.38. The third kappa shape index (κ3) is 3.90. The average molecular weight is 391 g/mol. The molecule has 4 rings (SSSR count). The van der Waals surface area contributed by atoms with Gasteiger partial charge in [0.05, 0.1) is 13.7 Å². The molecule has 0 aromatic heterocycles. The summed E-state index contributed by atoms with van der Waals surface area (Å²) in [7, 11) is 1.63. The summed E-state index contributed by atoms with van der Waals surface area (Å²) < 4.78 is 10.8. The summed E-state index contributed by atoms with van der Waals surface area (Å²) in [4.78, 5) is 25.6. The molecule has 1 amide bonds. The molecule has 2 atom stereocenters. The molecule has 1 N–H and O–H groups in total. The van der Waals surface area contributed by atoms with E-state index in [9.17, 15) is 9.59 Å². The Kier molecular flexibility index (Phi) is 5.38. The van der Waals surface area contributed by atoms with Crippen LogP contribution in [-0.2, 0) is 9.59 Å². The predicted molar refractivity (Wildman–Crippen MR) is 110 cm³/mol. The first-order chi connectivity index (χ1) is 14.1. The van der Waals surface area contributed by atoms with Gasteiger partial charge in [-0.3, -0.25) is 9.59 Å². The van der Waals surface area contributed by atoms with E-state index >= 15 is 0 Å². The van der Waals surface area contributed by atoms with E-state index in [1.807, 2.05) is 55.5 Å². The standard InChI is InChI=1S/C24H25NO4/c1-3-29-19-6-4-5-16(11-19)20-14-23(27)25-21-12-17(13-22(26)24(20)21)15-7-9-18(28-2)10-8-15/h4-11,17,20H,3,12-14H2,1-2H3,(H,25,27)/t17-,20+/m0/s1. The van der Waals surface area contributed by atoms with Crippen molar-refractivity contribution < 1.29 is 19.1 Å². The van der Waals surface area contributed by atoms with Gasteiger partial charge in [0.2, 0.25) is 5.91 Å². The maximum Gasteiger partial charge on any atom is 0.225 e. The highest BCUT2D eigenvalue weighted by Gasteiger charge is 2.38. The Labute approximate surface area is 170 Å². The van der Waals surface area contributed by atoms with Crippen LogP contribution in [0.4, 0.5) is 0 Å². The van der Waals surface area contributed by atoms with Gasteiger partial charge < -0.3 is 14.8 Å². The predicted octanol–water partition coefficient (Wildman–Crippen LogP) is 4.10. The van der Waals surface area contributed by atoms with Gasteiger partial charge in [0, 0.05) is 30.0 Å². The molecule has 2 aromatic carbocycles. The molecule has 2 aliphatic rings. The van der Waals surface area contributed by atoms with Crippen LogP contribution in [0.2, 0.25) is 0 Å². The zero-order valence-electron chi connectivity index (χ0n) is 16.7. The van der Waals surface area contributed by atoms with Crippen LogP contribution in [0.3, 0.4) is 0 Å². The number of benzene rings is 2. The van der Waals surface area contributed by atoms with Gasteiger partial charge in [0.1, 0.15) is 11.5 Å². The van der Waals surface area contributed by atoms with E-state index < -0.39 is 0 Å². The topological polar surface area (TPSA) is 64.6 Å². The van der Waals surface area contributed by atoms with Crippen molar-refractivity contribution in [3.63, 3.8) is 0 Å². The molecule has 5 nitrogen and oxygen atoms in total. The lowest BCUT2D eigenvalue weighted by molar-refractivity contribution is -0.122. The van der Waals surface area contributed by atoms with Crippen LogP contribution in [0.25, 0.3) is 0 Å². The van der Waals surface area contributed by atoms with Crippen LogP contribution in [0.1, 0.15) is 49.1 Å². The van der Waals surface area contributed by atoms with E-state index in [-0.39, 0.29) is 29.9 Å². The van der Waals surface area contributed by atoms with Gasteiger partial charge in [-0.2, -0.15) is 0 Å². The zero-order chi connectivity index (χ0) is 20.4. The van der Waals surface area contributed by atoms with E-state index in [1.54, 1.807) is 7.11 Å². The van der Waals surface area contributed by atoms with Crippen LogP contribution in [0, 0.1) is 0 Å². The van der Waals surface area contributed by atoms with Crippen molar-refractivity contribution in [2.75, 3.05) is 13.7 Å². The van der Waals surface area contributed by atoms with Crippen molar-refractivity contribution in [2.45, 2.75) is 38.0 Å². The number of methoxy groups -OCH3 is 1. The molecule has 0 saturated heterocycles. The number of hydrogen-bond donors (Lipinski definition) is 1. The summed E-state index contributed by atoms with van der Waals surface area (Å²) in [6, 6.07) is 15.5. The van der Waals surface area contributed by atoms with Gasteiger partial charge in [-0.25, -0.2) is 0 Å². The molecule has 1 aliphatic carbocycles. The van der Waals surface area contributed by atoms with Crippen LogP contribution in [-0.4, -0.2) is 25.4 Å². The number of Topliss-reactive ketones (excluding diaryl/α,β-unsaturated/α-hetero) is 1. The molecule has 0 unspecified atom stereocenters. The monoisotopic (exact) mass is 391 g/mol. The summed E-state index contributed by atoms with van der Waals surface area (Å²) in [5.41, 5.74) is 3.56. The number of carbonyl (C=O) groups excluding carboxylic acids is 2. The van der Waals surface area contributed by atoms with Crippen LogP contribution < -0.4 is 14.8 Å². The number of hydrogen-bond acceptors (Lipinski definition) is 4. The summed E-state index contributed by atoms with van der Waals surface area (Å²) in [6.45, 7) is 2.51. The Morgan fingerprint density at radius 3 is 2.48 bits per heavy atom. The largest absolute Gasteiger partial charge is 0.497 e. The number of carbonyl (C=O) groups is 2. The molecule has 150 valence electrons. The fourth-order valence-electron chi connectivity index (χ4n) is 4.34. The Balaban J connectivity index is 1.66. The second kappa shape index (κ2) is 8.11. The van der Waals surface area contributed by atoms with Crippen molar-refractivity contribution in [3.05, 3.63) is 70.9 Å². The summed E-state index contributed by atoms with van der Waals surface area (Å²) >= 11 is 0. The SMILES string of the molecule is CCOc1cccc([C@H]2CC(=O)NC3=C2C(=O)C[C@@H](c2ccc(OC)cc2)C3)c1. The third-order valence-electron chi connectivity index (χ3n) is 5.69. The van der Waals surface area contributed by atoms with Gasteiger partial charge in [0.25, 0.3) is 0 Å². The molecule has 0 bridgehead atoms. The zero-order valence-corrected chi connectivity index (χ0v) is 16.7. The van der Waals surface area contributed by atoms with Crippen molar-refractivity contribution in [3.8, 4) is 11.5 Å². The number of ketones is 1. The first-order valence-corrected chi connectivity index (χ1v) is 10.0. The number of nitrogens with one attached hydrogen (secondary N) is 1. The number of amides is 1. The lowest BCUT2D eigenvalue weighted by Gasteiger charge is -2.34.